The third-order valence-corrected chi connectivity index (χ3v) is 3.98. The van der Waals surface area contributed by atoms with Crippen LogP contribution in [0.3, 0.4) is 0 Å². The molecule has 1 unspecified atom stereocenters. The van der Waals surface area contributed by atoms with E-state index in [0.29, 0.717) is 24.3 Å². The van der Waals surface area contributed by atoms with Gasteiger partial charge in [0.15, 0.2) is 11.6 Å². The minimum Gasteiger partial charge on any atom is -0.494 e. The van der Waals surface area contributed by atoms with Crippen molar-refractivity contribution in [1.29, 1.82) is 0 Å². The smallest absolute Gasteiger partial charge is 0.169 e. The lowest BCUT2D eigenvalue weighted by molar-refractivity contribution is 0.243. The van der Waals surface area contributed by atoms with Gasteiger partial charge in [0.05, 0.1) is 7.11 Å². The molecule has 4 heteroatoms. The van der Waals surface area contributed by atoms with Gasteiger partial charge in [0.2, 0.25) is 0 Å². The quantitative estimate of drug-likeness (QED) is 0.903. The van der Waals surface area contributed by atoms with Crippen molar-refractivity contribution >= 4 is 0 Å². The van der Waals surface area contributed by atoms with Gasteiger partial charge in [-0.05, 0) is 37.9 Å². The summed E-state index contributed by atoms with van der Waals surface area (Å²) < 4.78 is 19.3. The Hall–Kier alpha value is -1.13. The van der Waals surface area contributed by atoms with Gasteiger partial charge >= 0.3 is 0 Å². The van der Waals surface area contributed by atoms with Crippen molar-refractivity contribution in [2.24, 2.45) is 5.92 Å². The molecule has 0 amide bonds. The third kappa shape index (κ3) is 4.68. The van der Waals surface area contributed by atoms with Crippen molar-refractivity contribution in [2.75, 3.05) is 26.7 Å². The maximum atomic E-state index is 14.3. The molecule has 1 N–H and O–H groups in total. The first-order chi connectivity index (χ1) is 10.1. The SMILES string of the molecule is COc1cccc(CN2CCCNC(CC(C)C)C2)c1F. The van der Waals surface area contributed by atoms with Crippen LogP contribution in [0.5, 0.6) is 5.75 Å². The van der Waals surface area contributed by atoms with Gasteiger partial charge in [0.1, 0.15) is 0 Å². The van der Waals surface area contributed by atoms with Gasteiger partial charge in [-0.15, -0.1) is 0 Å². The van der Waals surface area contributed by atoms with Crippen LogP contribution in [0, 0.1) is 11.7 Å². The zero-order valence-corrected chi connectivity index (χ0v) is 13.4. The van der Waals surface area contributed by atoms with Crippen molar-refractivity contribution in [3.05, 3.63) is 29.6 Å². The van der Waals surface area contributed by atoms with Crippen LogP contribution in [0.25, 0.3) is 0 Å². The van der Waals surface area contributed by atoms with Gasteiger partial charge in [-0.3, -0.25) is 4.90 Å². The van der Waals surface area contributed by atoms with Crippen molar-refractivity contribution < 1.29 is 9.13 Å². The van der Waals surface area contributed by atoms with E-state index < -0.39 is 0 Å². The lowest BCUT2D eigenvalue weighted by Gasteiger charge is -2.25. The van der Waals surface area contributed by atoms with Crippen molar-refractivity contribution in [3.8, 4) is 5.75 Å². The van der Waals surface area contributed by atoms with Crippen LogP contribution in [0.15, 0.2) is 18.2 Å². The number of ether oxygens (including phenoxy) is 1. The van der Waals surface area contributed by atoms with Gasteiger partial charge in [-0.25, -0.2) is 4.39 Å². The molecule has 1 saturated heterocycles. The number of halogens is 1. The molecule has 21 heavy (non-hydrogen) atoms. The maximum Gasteiger partial charge on any atom is 0.169 e. The lowest BCUT2D eigenvalue weighted by Crippen LogP contribution is -2.38. The highest BCUT2D eigenvalue weighted by Gasteiger charge is 2.20. The topological polar surface area (TPSA) is 24.5 Å². The number of nitrogens with one attached hydrogen (secondary N) is 1. The average Bonchev–Trinajstić information content (AvgIpc) is 2.65. The number of rotatable bonds is 5. The van der Waals surface area contributed by atoms with E-state index in [1.165, 1.54) is 7.11 Å². The Morgan fingerprint density at radius 1 is 1.43 bits per heavy atom. The zero-order chi connectivity index (χ0) is 15.2. The van der Waals surface area contributed by atoms with Gasteiger partial charge in [-0.2, -0.15) is 0 Å². The Labute approximate surface area is 127 Å². The van der Waals surface area contributed by atoms with Crippen LogP contribution in [0.4, 0.5) is 4.39 Å². The fraction of sp³-hybridized carbons (Fsp3) is 0.647. The highest BCUT2D eigenvalue weighted by molar-refractivity contribution is 5.31. The summed E-state index contributed by atoms with van der Waals surface area (Å²) in [5.41, 5.74) is 0.722. The van der Waals surface area contributed by atoms with Gasteiger partial charge in [-0.1, -0.05) is 26.0 Å². The molecule has 1 atom stereocenters. The van der Waals surface area contributed by atoms with Gasteiger partial charge in [0, 0.05) is 24.7 Å². The third-order valence-electron chi connectivity index (χ3n) is 3.98. The first-order valence-corrected chi connectivity index (χ1v) is 7.87. The highest BCUT2D eigenvalue weighted by Crippen LogP contribution is 2.22. The Morgan fingerprint density at radius 2 is 2.24 bits per heavy atom. The van der Waals surface area contributed by atoms with Crippen molar-refractivity contribution in [1.82, 2.24) is 10.2 Å². The van der Waals surface area contributed by atoms with Crippen LogP contribution >= 0.6 is 0 Å². The van der Waals surface area contributed by atoms with E-state index in [-0.39, 0.29) is 5.82 Å². The Bertz CT molecular complexity index is 450. The summed E-state index contributed by atoms with van der Waals surface area (Å²) in [7, 11) is 1.51. The minimum absolute atomic E-state index is 0.224. The predicted molar refractivity (Wildman–Crippen MR) is 84.1 cm³/mol. The molecular formula is C17H27FN2O. The van der Waals surface area contributed by atoms with Crippen LogP contribution < -0.4 is 10.1 Å². The Morgan fingerprint density at radius 3 is 2.95 bits per heavy atom. The second-order valence-electron chi connectivity index (χ2n) is 6.30. The van der Waals surface area contributed by atoms with Crippen LogP contribution in [-0.4, -0.2) is 37.7 Å². The summed E-state index contributed by atoms with van der Waals surface area (Å²) >= 11 is 0. The summed E-state index contributed by atoms with van der Waals surface area (Å²) in [5.74, 6) is 0.785. The molecule has 1 aliphatic heterocycles. The number of nitrogens with zero attached hydrogens (tertiary/aromatic N) is 1. The number of hydrogen-bond donors (Lipinski definition) is 1. The van der Waals surface area contributed by atoms with Gasteiger partial charge in [0.25, 0.3) is 0 Å². The Kier molecular flexibility index (Phi) is 6.00. The van der Waals surface area contributed by atoms with E-state index >= 15 is 0 Å². The fourth-order valence-corrected chi connectivity index (χ4v) is 3.02. The minimum atomic E-state index is -0.224. The molecule has 0 spiro atoms. The summed E-state index contributed by atoms with van der Waals surface area (Å²) in [6.45, 7) is 8.19. The largest absolute Gasteiger partial charge is 0.494 e. The molecule has 3 nitrogen and oxygen atoms in total. The van der Waals surface area contributed by atoms with Crippen LogP contribution in [-0.2, 0) is 6.54 Å². The monoisotopic (exact) mass is 294 g/mol. The van der Waals surface area contributed by atoms with Crippen molar-refractivity contribution in [3.63, 3.8) is 0 Å². The molecule has 1 fully saturated rings. The van der Waals surface area contributed by atoms with Crippen molar-refractivity contribution in [2.45, 2.75) is 39.3 Å². The molecule has 118 valence electrons. The molecule has 0 aromatic heterocycles. The van der Waals surface area contributed by atoms with E-state index in [0.717, 1.165) is 38.0 Å². The zero-order valence-electron chi connectivity index (χ0n) is 13.4. The normalized spacial score (nSPS) is 20.5. The molecule has 1 aliphatic rings. The molecule has 0 radical (unpaired) electrons. The van der Waals surface area contributed by atoms with Crippen LogP contribution in [0.1, 0.15) is 32.3 Å². The van der Waals surface area contributed by atoms with E-state index in [4.69, 9.17) is 4.74 Å². The second kappa shape index (κ2) is 7.76. The Balaban J connectivity index is 2.03. The molecule has 2 rings (SSSR count). The molecule has 0 aliphatic carbocycles. The van der Waals surface area contributed by atoms with E-state index in [1.807, 2.05) is 12.1 Å². The van der Waals surface area contributed by atoms with Gasteiger partial charge < -0.3 is 10.1 Å². The molecule has 1 heterocycles. The summed E-state index contributed by atoms with van der Waals surface area (Å²) in [6, 6.07) is 5.89. The standard InChI is InChI=1S/C17H27FN2O/c1-13(2)10-15-12-20(9-5-8-19-15)11-14-6-4-7-16(21-3)17(14)18/h4,6-7,13,15,19H,5,8-12H2,1-3H3. The molecular weight excluding hydrogens is 267 g/mol. The van der Waals surface area contributed by atoms with Crippen LogP contribution in [0.2, 0.25) is 0 Å². The first kappa shape index (κ1) is 16.2. The highest BCUT2D eigenvalue weighted by atomic mass is 19.1. The molecule has 1 aromatic carbocycles. The van der Waals surface area contributed by atoms with E-state index in [2.05, 4.69) is 24.1 Å². The first-order valence-electron chi connectivity index (χ1n) is 7.87. The summed E-state index contributed by atoms with van der Waals surface area (Å²) in [5, 5.41) is 3.61. The summed E-state index contributed by atoms with van der Waals surface area (Å²) in [4.78, 5) is 2.35. The molecule has 0 saturated carbocycles. The number of benzene rings is 1. The number of hydrogen-bond acceptors (Lipinski definition) is 3. The fourth-order valence-electron chi connectivity index (χ4n) is 3.02. The lowest BCUT2D eigenvalue weighted by atomic mass is 10.0. The molecule has 1 aromatic rings. The molecule has 0 bridgehead atoms. The average molecular weight is 294 g/mol. The predicted octanol–water partition coefficient (Wildman–Crippen LogP) is 3.04. The second-order valence-corrected chi connectivity index (χ2v) is 6.30. The van der Waals surface area contributed by atoms with E-state index in [9.17, 15) is 4.39 Å². The maximum absolute atomic E-state index is 14.3. The summed E-state index contributed by atoms with van der Waals surface area (Å²) in [6.07, 6.45) is 2.28. The number of methoxy groups -OCH3 is 1. The van der Waals surface area contributed by atoms with E-state index in [1.54, 1.807) is 6.07 Å².